The molecule has 5 N–H and O–H groups in total. The summed E-state index contributed by atoms with van der Waals surface area (Å²) in [4.78, 5) is 33.5. The lowest BCUT2D eigenvalue weighted by atomic mass is 9.87. The molecule has 0 bridgehead atoms. The minimum Gasteiger partial charge on any atom is -0.349 e. The summed E-state index contributed by atoms with van der Waals surface area (Å²) in [5.74, 6) is -0.775. The summed E-state index contributed by atoms with van der Waals surface area (Å²) < 4.78 is 0. The van der Waals surface area contributed by atoms with Gasteiger partial charge in [-0.2, -0.15) is 0 Å². The Morgan fingerprint density at radius 3 is 2.41 bits per heavy atom. The van der Waals surface area contributed by atoms with E-state index in [9.17, 15) is 4.79 Å². The van der Waals surface area contributed by atoms with E-state index in [-0.39, 0.29) is 29.4 Å². The van der Waals surface area contributed by atoms with Crippen molar-refractivity contribution in [1.29, 1.82) is 0 Å². The van der Waals surface area contributed by atoms with Crippen molar-refractivity contribution in [2.75, 3.05) is 53.4 Å². The van der Waals surface area contributed by atoms with Gasteiger partial charge in [0.05, 0.1) is 23.6 Å². The highest BCUT2D eigenvalue weighted by Crippen LogP contribution is 2.29. The summed E-state index contributed by atoms with van der Waals surface area (Å²) in [6.45, 7) is 10.3. The number of likely N-dealkylation sites (N-methyl/N-ethyl adjacent to an activating group) is 1. The third-order valence-electron chi connectivity index (χ3n) is 9.76. The predicted octanol–water partition coefficient (Wildman–Crippen LogP) is 1.56. The molecule has 4 rings (SSSR count). The first-order chi connectivity index (χ1) is 19.7. The zero-order valence-corrected chi connectivity index (χ0v) is 26.6. The van der Waals surface area contributed by atoms with Crippen molar-refractivity contribution in [3.05, 3.63) is 0 Å². The van der Waals surface area contributed by atoms with Gasteiger partial charge in [0.25, 0.3) is 0 Å². The summed E-state index contributed by atoms with van der Waals surface area (Å²) in [5.41, 5.74) is 12.6. The average Bonchev–Trinajstić information content (AvgIpc) is 2.91. The smallest absolute Gasteiger partial charge is 0.229 e. The second-order valence-electron chi connectivity index (χ2n) is 12.9. The molecule has 4 aliphatic rings. The van der Waals surface area contributed by atoms with Crippen LogP contribution < -0.4 is 16.8 Å². The van der Waals surface area contributed by atoms with E-state index in [0.29, 0.717) is 18.6 Å². The van der Waals surface area contributed by atoms with Crippen molar-refractivity contribution >= 4 is 29.9 Å². The summed E-state index contributed by atoms with van der Waals surface area (Å²) in [5, 5.41) is 3.29. The molecule has 10 nitrogen and oxygen atoms in total. The highest BCUT2D eigenvalue weighted by molar-refractivity contribution is 6.28. The number of rotatable bonds is 13. The molecular weight excluding hydrogens is 538 g/mol. The third kappa shape index (κ3) is 8.28. The van der Waals surface area contributed by atoms with Crippen molar-refractivity contribution < 1.29 is 4.79 Å². The normalized spacial score (nSPS) is 31.6. The Labute approximate surface area is 253 Å². The van der Waals surface area contributed by atoms with Gasteiger partial charge in [-0.05, 0) is 46.2 Å². The molecule has 4 aliphatic heterocycles. The van der Waals surface area contributed by atoms with E-state index >= 15 is 0 Å². The number of alkyl halides is 1. The Morgan fingerprint density at radius 1 is 1.07 bits per heavy atom. The molecule has 2 fully saturated rings. The van der Waals surface area contributed by atoms with E-state index < -0.39 is 18.2 Å². The number of hydrogen-bond donors (Lipinski definition) is 3. The summed E-state index contributed by atoms with van der Waals surface area (Å²) >= 11 is 6.43. The Kier molecular flexibility index (Phi) is 12.4. The molecule has 2 saturated heterocycles. The van der Waals surface area contributed by atoms with Gasteiger partial charge >= 0.3 is 0 Å². The lowest BCUT2D eigenvalue weighted by molar-refractivity contribution is -0.129. The fourth-order valence-electron chi connectivity index (χ4n) is 7.06. The molecule has 6 atom stereocenters. The Hall–Kier alpha value is -1.14. The molecule has 0 aromatic carbocycles. The predicted molar refractivity (Wildman–Crippen MR) is 170 cm³/mol. The molecule has 4 heterocycles. The van der Waals surface area contributed by atoms with Crippen LogP contribution in [0.2, 0.25) is 0 Å². The standard InChI is InChI=1S/C30H56ClN9O/c1-5-7-9-24-27(36-30(41)26(28(32)33)29-35-17-21(31)18-39(29)14-8-6-2)25(10-13-34-24)38-15-11-22(12-16-38)40-19-23(20-40)37(3)4/h13,17,21-29H,5-12,14-16,18-20,32-33H2,1-4H3,(H,36,41). The maximum absolute atomic E-state index is 14.1. The Balaban J connectivity index is 1.46. The minimum atomic E-state index is -0.828. The molecule has 0 radical (unpaired) electrons. The zero-order valence-electron chi connectivity index (χ0n) is 25.9. The van der Waals surface area contributed by atoms with Gasteiger partial charge in [0.15, 0.2) is 0 Å². The van der Waals surface area contributed by atoms with Gasteiger partial charge in [0.2, 0.25) is 5.91 Å². The van der Waals surface area contributed by atoms with Crippen LogP contribution in [0.5, 0.6) is 0 Å². The number of nitrogens with zero attached hydrogens (tertiary/aromatic N) is 6. The maximum atomic E-state index is 14.1. The van der Waals surface area contributed by atoms with E-state index in [1.165, 1.54) is 25.9 Å². The molecule has 0 saturated carbocycles. The zero-order chi connectivity index (χ0) is 29.5. The quantitative estimate of drug-likeness (QED) is 0.219. The van der Waals surface area contributed by atoms with Crippen LogP contribution in [0.25, 0.3) is 0 Å². The Morgan fingerprint density at radius 2 is 1.78 bits per heavy atom. The molecule has 0 aromatic rings. The number of unbranched alkanes of at least 4 members (excludes halogenated alkanes) is 2. The minimum absolute atomic E-state index is 0.0551. The molecule has 234 valence electrons. The average molecular weight is 594 g/mol. The van der Waals surface area contributed by atoms with E-state index in [1.807, 2.05) is 0 Å². The van der Waals surface area contributed by atoms with Gasteiger partial charge < -0.3 is 21.7 Å². The van der Waals surface area contributed by atoms with Crippen LogP contribution >= 0.6 is 11.6 Å². The third-order valence-corrected chi connectivity index (χ3v) is 10.0. The van der Waals surface area contributed by atoms with Crippen LogP contribution in [0.15, 0.2) is 9.98 Å². The fraction of sp³-hybridized carbons (Fsp3) is 0.900. The summed E-state index contributed by atoms with van der Waals surface area (Å²) in [6.07, 6.45) is 11.0. The van der Waals surface area contributed by atoms with Crippen LogP contribution in [-0.4, -0.2) is 139 Å². The van der Waals surface area contributed by atoms with Gasteiger partial charge in [-0.15, -0.1) is 11.6 Å². The first-order valence-electron chi connectivity index (χ1n) is 16.1. The number of nitrogens with one attached hydrogen (secondary N) is 1. The van der Waals surface area contributed by atoms with E-state index in [2.05, 4.69) is 59.1 Å². The SMILES string of the molecule is CCCCC1N=CCC(N2CCC(N3CC(N(C)C)C3)CC2)C1NC(=O)C(C(N)N)C1N=CC(Cl)CN1CCCC. The molecule has 11 heteroatoms. The second kappa shape index (κ2) is 15.5. The van der Waals surface area contributed by atoms with Crippen molar-refractivity contribution in [2.45, 2.75) is 113 Å². The van der Waals surface area contributed by atoms with Crippen molar-refractivity contribution in [1.82, 2.24) is 24.9 Å². The molecule has 0 aliphatic carbocycles. The van der Waals surface area contributed by atoms with E-state index in [0.717, 1.165) is 58.2 Å². The molecule has 6 unspecified atom stereocenters. The fourth-order valence-corrected chi connectivity index (χ4v) is 7.30. The number of nitrogens with two attached hydrogens (primary N) is 2. The van der Waals surface area contributed by atoms with E-state index in [4.69, 9.17) is 33.1 Å². The lowest BCUT2D eigenvalue weighted by Crippen LogP contribution is -2.65. The first kappa shape index (κ1) is 32.8. The molecule has 41 heavy (non-hydrogen) atoms. The number of aliphatic imine (C=N–C) groups is 2. The van der Waals surface area contributed by atoms with Gasteiger partial charge in [-0.3, -0.25) is 29.5 Å². The topological polar surface area (TPSA) is 119 Å². The van der Waals surface area contributed by atoms with Crippen LogP contribution in [-0.2, 0) is 4.79 Å². The number of halogens is 1. The number of carbonyl (C=O) groups excluding carboxylic acids is 1. The molecular formula is C30H56ClN9O. The number of piperidine rings is 1. The van der Waals surface area contributed by atoms with Gasteiger partial charge in [-0.25, -0.2) is 0 Å². The molecule has 0 spiro atoms. The lowest BCUT2D eigenvalue weighted by Gasteiger charge is -2.51. The summed E-state index contributed by atoms with van der Waals surface area (Å²) in [6, 6.07) is 1.55. The van der Waals surface area contributed by atoms with Crippen LogP contribution in [0, 0.1) is 5.92 Å². The van der Waals surface area contributed by atoms with Gasteiger partial charge in [0, 0.05) is 69.8 Å². The Bertz CT molecular complexity index is 872. The maximum Gasteiger partial charge on any atom is 0.229 e. The largest absolute Gasteiger partial charge is 0.349 e. The number of likely N-dealkylation sites (tertiary alicyclic amines) is 2. The first-order valence-corrected chi connectivity index (χ1v) is 16.6. The highest BCUT2D eigenvalue weighted by Gasteiger charge is 2.43. The van der Waals surface area contributed by atoms with Crippen LogP contribution in [0.3, 0.4) is 0 Å². The van der Waals surface area contributed by atoms with Crippen molar-refractivity contribution in [3.63, 3.8) is 0 Å². The van der Waals surface area contributed by atoms with Crippen LogP contribution in [0.4, 0.5) is 0 Å². The van der Waals surface area contributed by atoms with Crippen LogP contribution in [0.1, 0.15) is 65.2 Å². The van der Waals surface area contributed by atoms with Crippen molar-refractivity contribution in [2.24, 2.45) is 27.4 Å². The van der Waals surface area contributed by atoms with Gasteiger partial charge in [0.1, 0.15) is 12.1 Å². The second-order valence-corrected chi connectivity index (χ2v) is 13.5. The molecule has 0 aromatic heterocycles. The van der Waals surface area contributed by atoms with Crippen molar-refractivity contribution in [3.8, 4) is 0 Å². The van der Waals surface area contributed by atoms with E-state index in [1.54, 1.807) is 6.21 Å². The number of carbonyl (C=O) groups is 1. The monoisotopic (exact) mass is 593 g/mol. The highest BCUT2D eigenvalue weighted by atomic mass is 35.5. The summed E-state index contributed by atoms with van der Waals surface area (Å²) in [7, 11) is 4.36. The number of hydrogen-bond acceptors (Lipinski definition) is 9. The number of amides is 1. The molecule has 1 amide bonds. The van der Waals surface area contributed by atoms with Gasteiger partial charge in [-0.1, -0.05) is 33.1 Å².